The number of furan rings is 1. The molecule has 0 saturated heterocycles. The molecule has 2 amide bonds. The Morgan fingerprint density at radius 3 is 2.62 bits per heavy atom. The molecule has 228 valence electrons. The van der Waals surface area contributed by atoms with Crippen LogP contribution in [0.2, 0.25) is 5.02 Å². The topological polar surface area (TPSA) is 108 Å². The van der Waals surface area contributed by atoms with E-state index in [0.29, 0.717) is 45.2 Å². The van der Waals surface area contributed by atoms with Gasteiger partial charge in [-0.15, -0.1) is 11.8 Å². The summed E-state index contributed by atoms with van der Waals surface area (Å²) in [6.45, 7) is 0.124. The molecule has 0 radical (unpaired) electrons. The van der Waals surface area contributed by atoms with Crippen molar-refractivity contribution >= 4 is 41.0 Å². The molecule has 5 aromatic rings. The number of aromatic nitrogens is 2. The van der Waals surface area contributed by atoms with E-state index in [2.05, 4.69) is 5.32 Å². The van der Waals surface area contributed by atoms with Crippen molar-refractivity contribution in [1.82, 2.24) is 15.1 Å². The zero-order valence-corrected chi connectivity index (χ0v) is 25.6. The fourth-order valence-electron chi connectivity index (χ4n) is 5.38. The van der Waals surface area contributed by atoms with Crippen molar-refractivity contribution in [2.75, 3.05) is 31.1 Å². The van der Waals surface area contributed by atoms with E-state index in [1.807, 2.05) is 54.6 Å². The van der Waals surface area contributed by atoms with E-state index in [1.165, 1.54) is 16.7 Å². The molecule has 10 nitrogen and oxygen atoms in total. The minimum atomic E-state index is -0.340. The Bertz CT molecular complexity index is 1860. The Balaban J connectivity index is 1.41. The summed E-state index contributed by atoms with van der Waals surface area (Å²) in [7, 11) is 1.60. The highest BCUT2D eigenvalue weighted by Crippen LogP contribution is 2.50. The average molecular weight is 643 g/mol. The molecule has 1 atom stereocenters. The standard InChI is InChI=1S/C33H27ClN4O6S/c1-41-24-11-9-23(10-12-24)38-33-30(31(36-38)20-4-7-22(34)8-5-20)32(21-6-13-26-27(15-21)44-19-43-26)45-18-29(40)37(33)17-28(39)35-16-25-3-2-14-42-25/h2-15,32H,16-19H2,1H3,(H,35,39)/t32-/m1/s1. The molecule has 2 aromatic heterocycles. The monoisotopic (exact) mass is 642 g/mol. The van der Waals surface area contributed by atoms with Crippen LogP contribution in [0.1, 0.15) is 22.1 Å². The Morgan fingerprint density at radius 2 is 1.87 bits per heavy atom. The number of nitrogens with zero attached hydrogens (tertiary/aromatic N) is 3. The number of halogens is 1. The maximum absolute atomic E-state index is 14.0. The van der Waals surface area contributed by atoms with Gasteiger partial charge in [0.1, 0.15) is 23.9 Å². The Kier molecular flexibility index (Phi) is 7.86. The number of amides is 2. The number of hydrogen-bond donors (Lipinski definition) is 1. The van der Waals surface area contributed by atoms with Crippen LogP contribution < -0.4 is 24.4 Å². The Labute approximate surface area is 267 Å². The van der Waals surface area contributed by atoms with Gasteiger partial charge in [0.2, 0.25) is 18.6 Å². The first kappa shape index (κ1) is 28.9. The van der Waals surface area contributed by atoms with E-state index in [1.54, 1.807) is 42.3 Å². The maximum Gasteiger partial charge on any atom is 0.240 e. The van der Waals surface area contributed by atoms with E-state index in [4.69, 9.17) is 35.3 Å². The van der Waals surface area contributed by atoms with Crippen LogP contribution in [0, 0.1) is 0 Å². The van der Waals surface area contributed by atoms with Gasteiger partial charge < -0.3 is 23.9 Å². The quantitative estimate of drug-likeness (QED) is 0.219. The number of nitrogens with one attached hydrogen (secondary N) is 1. The lowest BCUT2D eigenvalue weighted by atomic mass is 9.99. The fourth-order valence-corrected chi connectivity index (χ4v) is 6.70. The third kappa shape index (κ3) is 5.72. The summed E-state index contributed by atoms with van der Waals surface area (Å²) in [5.41, 5.74) is 3.85. The summed E-state index contributed by atoms with van der Waals surface area (Å²) in [5.74, 6) is 2.64. The number of carbonyl (C=O) groups excluding carboxylic acids is 2. The van der Waals surface area contributed by atoms with Crippen LogP contribution in [0.3, 0.4) is 0 Å². The van der Waals surface area contributed by atoms with Crippen molar-refractivity contribution in [1.29, 1.82) is 0 Å². The second kappa shape index (κ2) is 12.3. The SMILES string of the molecule is COc1ccc(-n2nc(-c3ccc(Cl)cc3)c3c2N(CC(=O)NCc2ccco2)C(=O)CS[C@@H]3c2ccc3c(c2)OCO3)cc1. The van der Waals surface area contributed by atoms with E-state index < -0.39 is 0 Å². The predicted octanol–water partition coefficient (Wildman–Crippen LogP) is 6.01. The lowest BCUT2D eigenvalue weighted by Gasteiger charge is -2.23. The lowest BCUT2D eigenvalue weighted by Crippen LogP contribution is -2.42. The number of anilines is 1. The van der Waals surface area contributed by atoms with E-state index >= 15 is 0 Å². The summed E-state index contributed by atoms with van der Waals surface area (Å²) in [4.78, 5) is 28.8. The number of benzene rings is 3. The van der Waals surface area contributed by atoms with Gasteiger partial charge >= 0.3 is 0 Å². The van der Waals surface area contributed by atoms with Gasteiger partial charge in [-0.3, -0.25) is 14.5 Å². The van der Waals surface area contributed by atoms with Crippen LogP contribution in [0.5, 0.6) is 17.2 Å². The van der Waals surface area contributed by atoms with Crippen molar-refractivity contribution in [3.05, 3.63) is 107 Å². The van der Waals surface area contributed by atoms with Crippen molar-refractivity contribution < 1.29 is 28.2 Å². The van der Waals surface area contributed by atoms with Crippen molar-refractivity contribution in [2.45, 2.75) is 11.8 Å². The molecule has 0 fully saturated rings. The Morgan fingerprint density at radius 1 is 1.07 bits per heavy atom. The van der Waals surface area contributed by atoms with Crippen LogP contribution in [-0.2, 0) is 16.1 Å². The molecule has 0 bridgehead atoms. The zero-order valence-electron chi connectivity index (χ0n) is 24.1. The smallest absolute Gasteiger partial charge is 0.240 e. The van der Waals surface area contributed by atoms with Crippen molar-refractivity contribution in [2.24, 2.45) is 0 Å². The summed E-state index contributed by atoms with van der Waals surface area (Å²) >= 11 is 7.74. The van der Waals surface area contributed by atoms with Gasteiger partial charge in [0.25, 0.3) is 0 Å². The highest BCUT2D eigenvalue weighted by atomic mass is 35.5. The molecule has 0 spiro atoms. The van der Waals surface area contributed by atoms with E-state index in [-0.39, 0.29) is 42.7 Å². The molecule has 3 aromatic carbocycles. The zero-order chi connectivity index (χ0) is 30.9. The third-order valence-corrected chi connectivity index (χ3v) is 9.07. The number of ether oxygens (including phenoxy) is 3. The first-order valence-electron chi connectivity index (χ1n) is 14.1. The molecule has 0 unspecified atom stereocenters. The minimum Gasteiger partial charge on any atom is -0.497 e. The largest absolute Gasteiger partial charge is 0.497 e. The number of hydrogen-bond acceptors (Lipinski definition) is 8. The third-order valence-electron chi connectivity index (χ3n) is 7.56. The van der Waals surface area contributed by atoms with Crippen LogP contribution in [0.15, 0.2) is 89.5 Å². The lowest BCUT2D eigenvalue weighted by molar-refractivity contribution is -0.123. The number of carbonyl (C=O) groups is 2. The van der Waals surface area contributed by atoms with Crippen molar-refractivity contribution in [3.63, 3.8) is 0 Å². The highest BCUT2D eigenvalue weighted by Gasteiger charge is 2.38. The van der Waals surface area contributed by atoms with Gasteiger partial charge in [-0.25, -0.2) is 4.68 Å². The van der Waals surface area contributed by atoms with Gasteiger partial charge in [-0.2, -0.15) is 5.10 Å². The molecule has 7 rings (SSSR count). The molecule has 0 saturated carbocycles. The first-order valence-corrected chi connectivity index (χ1v) is 15.5. The van der Waals surface area contributed by atoms with Gasteiger partial charge in [-0.1, -0.05) is 29.8 Å². The van der Waals surface area contributed by atoms with Gasteiger partial charge in [0.15, 0.2) is 11.5 Å². The number of methoxy groups -OCH3 is 1. The summed E-state index contributed by atoms with van der Waals surface area (Å²) in [5, 5.41) is 8.23. The van der Waals surface area contributed by atoms with Gasteiger partial charge in [-0.05, 0) is 66.2 Å². The molecule has 12 heteroatoms. The Hall–Kier alpha value is -4.87. The van der Waals surface area contributed by atoms with Crippen molar-refractivity contribution in [3.8, 4) is 34.2 Å². The second-order valence-electron chi connectivity index (χ2n) is 10.3. The van der Waals surface area contributed by atoms with Gasteiger partial charge in [0.05, 0.1) is 42.3 Å². The number of rotatable bonds is 8. The fraction of sp³-hybridized carbons (Fsp3) is 0.182. The molecule has 2 aliphatic heterocycles. The van der Waals surface area contributed by atoms with E-state index in [0.717, 1.165) is 16.7 Å². The summed E-state index contributed by atoms with van der Waals surface area (Å²) in [6, 6.07) is 24.1. The second-order valence-corrected chi connectivity index (χ2v) is 11.9. The summed E-state index contributed by atoms with van der Waals surface area (Å²) < 4.78 is 23.8. The van der Waals surface area contributed by atoms with Crippen LogP contribution >= 0.6 is 23.4 Å². The molecular weight excluding hydrogens is 616 g/mol. The molecular formula is C33H27ClN4O6S. The van der Waals surface area contributed by atoms with Gasteiger partial charge in [0, 0.05) is 16.1 Å². The molecule has 0 aliphatic carbocycles. The van der Waals surface area contributed by atoms with Crippen LogP contribution in [0.4, 0.5) is 5.82 Å². The highest BCUT2D eigenvalue weighted by molar-refractivity contribution is 8.00. The molecule has 4 heterocycles. The maximum atomic E-state index is 14.0. The molecule has 1 N–H and O–H groups in total. The summed E-state index contributed by atoms with van der Waals surface area (Å²) in [6.07, 6.45) is 1.55. The average Bonchev–Trinajstić information content (AvgIpc) is 3.82. The predicted molar refractivity (Wildman–Crippen MR) is 170 cm³/mol. The number of fused-ring (bicyclic) bond motifs is 2. The van der Waals surface area contributed by atoms with E-state index in [9.17, 15) is 9.59 Å². The normalized spacial score (nSPS) is 15.5. The molecule has 2 aliphatic rings. The van der Waals surface area contributed by atoms with Crippen LogP contribution in [0.25, 0.3) is 16.9 Å². The van der Waals surface area contributed by atoms with Crippen LogP contribution in [-0.4, -0.2) is 47.8 Å². The first-order chi connectivity index (χ1) is 22.0. The number of thioether (sulfide) groups is 1. The molecule has 45 heavy (non-hydrogen) atoms. The minimum absolute atomic E-state index is 0.127.